The molecule has 0 aliphatic carbocycles. The third-order valence-corrected chi connectivity index (χ3v) is 6.17. The molecule has 0 spiro atoms. The summed E-state index contributed by atoms with van der Waals surface area (Å²) in [6.07, 6.45) is 3.12. The number of rotatable bonds is 5. The van der Waals surface area contributed by atoms with Gasteiger partial charge in [-0.15, -0.1) is 0 Å². The number of H-pyrrole nitrogens is 2. The van der Waals surface area contributed by atoms with E-state index < -0.39 is 6.03 Å². The zero-order valence-corrected chi connectivity index (χ0v) is 20.1. The first-order valence-electron chi connectivity index (χ1n) is 11.9. The number of fused-ring (bicyclic) bond motifs is 1. The second kappa shape index (κ2) is 10.00. The lowest BCUT2D eigenvalue weighted by atomic mass is 10.1. The van der Waals surface area contributed by atoms with Crippen molar-refractivity contribution in [3.05, 3.63) is 66.7 Å². The van der Waals surface area contributed by atoms with Gasteiger partial charge in [0.25, 0.3) is 0 Å². The average molecular weight is 507 g/mol. The van der Waals surface area contributed by atoms with Crippen molar-refractivity contribution in [2.75, 3.05) is 41.8 Å². The molecule has 0 atom stereocenters. The number of ether oxygens (including phenoxy) is 1. The quantitative estimate of drug-likeness (QED) is 0.280. The number of morpholine rings is 1. The molecule has 0 radical (unpaired) electrons. The fraction of sp³-hybridized carbons (Fsp3) is 0.154. The number of hydrogen-bond acceptors (Lipinski definition) is 8. The van der Waals surface area contributed by atoms with Crippen molar-refractivity contribution in [3.8, 4) is 28.6 Å². The van der Waals surface area contributed by atoms with E-state index in [1.807, 2.05) is 36.4 Å². The van der Waals surface area contributed by atoms with Crippen molar-refractivity contribution in [2.45, 2.75) is 0 Å². The Labute approximate surface area is 216 Å². The number of nitriles is 1. The van der Waals surface area contributed by atoms with E-state index in [4.69, 9.17) is 10.00 Å². The number of carbonyl (C=O) groups is 1. The van der Waals surface area contributed by atoms with E-state index in [0.29, 0.717) is 36.1 Å². The molecule has 0 bridgehead atoms. The lowest BCUT2D eigenvalue weighted by molar-refractivity contribution is 0.122. The molecule has 4 N–H and O–H groups in total. The van der Waals surface area contributed by atoms with Gasteiger partial charge in [-0.25, -0.2) is 19.7 Å². The number of aromatic amines is 2. The third-order valence-electron chi connectivity index (χ3n) is 6.17. The number of nitrogens with one attached hydrogen (secondary N) is 4. The predicted octanol–water partition coefficient (Wildman–Crippen LogP) is 3.76. The molecule has 1 fully saturated rings. The maximum absolute atomic E-state index is 12.5. The number of amides is 2. The first-order chi connectivity index (χ1) is 18.7. The normalized spacial score (nSPS) is 13.3. The lowest BCUT2D eigenvalue weighted by Crippen LogP contribution is -2.36. The first-order valence-corrected chi connectivity index (χ1v) is 11.9. The summed E-state index contributed by atoms with van der Waals surface area (Å²) in [7, 11) is 0. The molecule has 0 saturated carbocycles. The average Bonchev–Trinajstić information content (AvgIpc) is 3.61. The molecule has 6 rings (SSSR count). The van der Waals surface area contributed by atoms with E-state index in [0.717, 1.165) is 46.8 Å². The van der Waals surface area contributed by atoms with Crippen LogP contribution in [0.15, 0.2) is 61.1 Å². The van der Waals surface area contributed by atoms with Crippen LogP contribution in [0.5, 0.6) is 0 Å². The van der Waals surface area contributed by atoms with Gasteiger partial charge in [-0.2, -0.15) is 10.4 Å². The number of pyridine rings is 1. The van der Waals surface area contributed by atoms with E-state index in [9.17, 15) is 4.79 Å². The van der Waals surface area contributed by atoms with Crippen molar-refractivity contribution >= 4 is 34.4 Å². The Morgan fingerprint density at radius 2 is 1.82 bits per heavy atom. The van der Waals surface area contributed by atoms with E-state index in [1.165, 1.54) is 0 Å². The maximum atomic E-state index is 12.5. The number of aromatic nitrogens is 6. The Balaban J connectivity index is 1.13. The minimum atomic E-state index is -0.431. The second-order valence-electron chi connectivity index (χ2n) is 8.61. The summed E-state index contributed by atoms with van der Waals surface area (Å²) in [6.45, 7) is 2.95. The molecule has 1 aliphatic rings. The molecule has 5 aromatic rings. The maximum Gasteiger partial charge on any atom is 0.324 e. The van der Waals surface area contributed by atoms with Crippen molar-refractivity contribution in [2.24, 2.45) is 0 Å². The van der Waals surface area contributed by atoms with Crippen molar-refractivity contribution < 1.29 is 9.53 Å². The molecule has 4 aromatic heterocycles. The number of carbonyl (C=O) groups excluding carboxylic acids is 1. The minimum Gasteiger partial charge on any atom is -0.378 e. The molecule has 1 aliphatic heterocycles. The van der Waals surface area contributed by atoms with Gasteiger partial charge in [0.2, 0.25) is 0 Å². The van der Waals surface area contributed by atoms with Crippen LogP contribution in [0.4, 0.5) is 22.1 Å². The fourth-order valence-corrected chi connectivity index (χ4v) is 4.31. The SMILES string of the molecule is N#Cc1cc(-c2cc(NC(=O)Nc3ccc(-c4cc5c(N6CCOCC6)ncnc5[nH]4)cc3)n[nH]2)ccn1. The van der Waals surface area contributed by atoms with Gasteiger partial charge in [0.05, 0.1) is 24.3 Å². The number of anilines is 3. The predicted molar refractivity (Wildman–Crippen MR) is 142 cm³/mol. The summed E-state index contributed by atoms with van der Waals surface area (Å²) in [5, 5.41) is 22.5. The van der Waals surface area contributed by atoms with Gasteiger partial charge < -0.3 is 19.9 Å². The highest BCUT2D eigenvalue weighted by Gasteiger charge is 2.17. The highest BCUT2D eigenvalue weighted by Crippen LogP contribution is 2.29. The molecule has 188 valence electrons. The van der Waals surface area contributed by atoms with Crippen LogP contribution in [0.2, 0.25) is 0 Å². The van der Waals surface area contributed by atoms with Crippen LogP contribution in [-0.4, -0.2) is 62.5 Å². The molecule has 1 saturated heterocycles. The smallest absolute Gasteiger partial charge is 0.324 e. The van der Waals surface area contributed by atoms with E-state index in [-0.39, 0.29) is 0 Å². The molecule has 12 heteroatoms. The van der Waals surface area contributed by atoms with Crippen molar-refractivity contribution in [3.63, 3.8) is 0 Å². The Kier molecular flexibility index (Phi) is 6.09. The third kappa shape index (κ3) is 4.73. The van der Waals surface area contributed by atoms with Gasteiger partial charge in [-0.1, -0.05) is 12.1 Å². The highest BCUT2D eigenvalue weighted by molar-refractivity contribution is 5.99. The molecule has 38 heavy (non-hydrogen) atoms. The topological polar surface area (TPSA) is 161 Å². The summed E-state index contributed by atoms with van der Waals surface area (Å²) < 4.78 is 5.46. The van der Waals surface area contributed by atoms with Gasteiger partial charge in [0.1, 0.15) is 29.6 Å². The zero-order valence-electron chi connectivity index (χ0n) is 20.1. The van der Waals surface area contributed by atoms with Gasteiger partial charge in [-0.3, -0.25) is 10.4 Å². The van der Waals surface area contributed by atoms with Gasteiger partial charge in [-0.05, 0) is 35.9 Å². The van der Waals surface area contributed by atoms with Crippen LogP contribution in [0.3, 0.4) is 0 Å². The summed E-state index contributed by atoms with van der Waals surface area (Å²) in [5.74, 6) is 1.24. The summed E-state index contributed by atoms with van der Waals surface area (Å²) >= 11 is 0. The Bertz CT molecular complexity index is 1640. The zero-order chi connectivity index (χ0) is 25.9. The number of benzene rings is 1. The van der Waals surface area contributed by atoms with Gasteiger partial charge in [0.15, 0.2) is 5.82 Å². The van der Waals surface area contributed by atoms with E-state index in [1.54, 1.807) is 30.7 Å². The first kappa shape index (κ1) is 23.1. The fourth-order valence-electron chi connectivity index (χ4n) is 4.31. The largest absolute Gasteiger partial charge is 0.378 e. The Morgan fingerprint density at radius 1 is 0.974 bits per heavy atom. The van der Waals surface area contributed by atoms with Crippen LogP contribution in [-0.2, 0) is 4.74 Å². The number of nitrogens with zero attached hydrogens (tertiary/aromatic N) is 6. The van der Waals surface area contributed by atoms with Gasteiger partial charge in [0, 0.05) is 42.3 Å². The molecule has 0 unspecified atom stereocenters. The van der Waals surface area contributed by atoms with E-state index in [2.05, 4.69) is 45.7 Å². The molecular weight excluding hydrogens is 484 g/mol. The van der Waals surface area contributed by atoms with Crippen LogP contribution in [0.1, 0.15) is 5.69 Å². The lowest BCUT2D eigenvalue weighted by Gasteiger charge is -2.27. The summed E-state index contributed by atoms with van der Waals surface area (Å²) in [6, 6.07) is 16.2. The molecule has 1 aromatic carbocycles. The summed E-state index contributed by atoms with van der Waals surface area (Å²) in [5.41, 5.74) is 4.95. The van der Waals surface area contributed by atoms with Gasteiger partial charge >= 0.3 is 6.03 Å². The second-order valence-corrected chi connectivity index (χ2v) is 8.61. The van der Waals surface area contributed by atoms with Crippen molar-refractivity contribution in [1.82, 2.24) is 30.1 Å². The van der Waals surface area contributed by atoms with Crippen LogP contribution < -0.4 is 15.5 Å². The van der Waals surface area contributed by atoms with Crippen LogP contribution >= 0.6 is 0 Å². The highest BCUT2D eigenvalue weighted by atomic mass is 16.5. The Hall–Kier alpha value is -5.28. The van der Waals surface area contributed by atoms with Crippen molar-refractivity contribution in [1.29, 1.82) is 5.26 Å². The Morgan fingerprint density at radius 3 is 2.63 bits per heavy atom. The number of hydrogen-bond donors (Lipinski definition) is 4. The monoisotopic (exact) mass is 506 g/mol. The standard InChI is InChI=1S/C26H22N10O2/c27-14-19-11-17(5-6-28-19)22-13-23(35-34-22)33-26(37)31-18-3-1-16(2-4-18)21-12-20-24(32-21)29-15-30-25(20)36-7-9-38-10-8-36/h1-6,11-13,15H,7-10H2,(H,29,30,32)(H3,31,33,34,35,37). The molecule has 12 nitrogen and oxygen atoms in total. The van der Waals surface area contributed by atoms with E-state index >= 15 is 0 Å². The number of urea groups is 1. The van der Waals surface area contributed by atoms with Crippen LogP contribution in [0.25, 0.3) is 33.5 Å². The van der Waals surface area contributed by atoms with Crippen LogP contribution in [0, 0.1) is 11.3 Å². The molecular formula is C26H22N10O2. The minimum absolute atomic E-state index is 0.297. The molecule has 2 amide bonds. The summed E-state index contributed by atoms with van der Waals surface area (Å²) in [4.78, 5) is 31.0. The molecule has 5 heterocycles.